The molecule has 0 aliphatic carbocycles. The van der Waals surface area contributed by atoms with E-state index in [-0.39, 0.29) is 0 Å². The van der Waals surface area contributed by atoms with Crippen molar-refractivity contribution in [3.05, 3.63) is 47.8 Å². The first kappa shape index (κ1) is 15.3. The molecule has 0 atom stereocenters. The van der Waals surface area contributed by atoms with E-state index in [2.05, 4.69) is 40.6 Å². The number of aromatic amines is 1. The van der Waals surface area contributed by atoms with Crippen LogP contribution in [0.1, 0.15) is 37.2 Å². The van der Waals surface area contributed by atoms with Crippen molar-refractivity contribution in [2.24, 2.45) is 0 Å². The quantitative estimate of drug-likeness (QED) is 0.745. The molecule has 0 saturated carbocycles. The van der Waals surface area contributed by atoms with E-state index < -0.39 is 0 Å². The Bertz CT molecular complexity index is 890. The molecule has 3 aromatic rings. The lowest BCUT2D eigenvalue weighted by molar-refractivity contribution is 0.890. The van der Waals surface area contributed by atoms with Gasteiger partial charge in [-0.05, 0) is 43.5 Å². The van der Waals surface area contributed by atoms with E-state index in [1.54, 1.807) is 0 Å². The maximum atomic E-state index is 5.97. The van der Waals surface area contributed by atoms with Crippen LogP contribution in [0.2, 0.25) is 0 Å². The van der Waals surface area contributed by atoms with Gasteiger partial charge in [0.25, 0.3) is 0 Å². The number of H-pyrrole nitrogens is 1. The Morgan fingerprint density at radius 3 is 2.78 bits per heavy atom. The van der Waals surface area contributed by atoms with E-state index in [0.717, 1.165) is 46.4 Å². The Labute approximate surface area is 136 Å². The molecule has 0 saturated heterocycles. The van der Waals surface area contributed by atoms with E-state index in [1.807, 2.05) is 26.0 Å². The lowest BCUT2D eigenvalue weighted by atomic mass is 10.1. The summed E-state index contributed by atoms with van der Waals surface area (Å²) >= 11 is 0. The highest BCUT2D eigenvalue weighted by Gasteiger charge is 2.13. The standard InChI is InChI=1S/C19H22N4/c1-5-7-15-14(11(2)3)10-17(22-15)13-8-6-9-16-18(13)23-19(20)12(4)21-16/h6,8-10,22H,2,5,7H2,1,3-4H3,(H2,20,23). The van der Waals surface area contributed by atoms with Crippen LogP contribution >= 0.6 is 0 Å². The number of para-hydroxylation sites is 1. The number of nitrogens with one attached hydrogen (secondary N) is 1. The summed E-state index contributed by atoms with van der Waals surface area (Å²) in [7, 11) is 0. The number of hydrogen-bond acceptors (Lipinski definition) is 3. The van der Waals surface area contributed by atoms with Gasteiger partial charge in [0, 0.05) is 17.0 Å². The van der Waals surface area contributed by atoms with Crippen LogP contribution in [0.25, 0.3) is 27.9 Å². The van der Waals surface area contributed by atoms with Crippen LogP contribution in [0.4, 0.5) is 5.82 Å². The molecule has 0 fully saturated rings. The molecule has 0 radical (unpaired) electrons. The number of allylic oxidation sites excluding steroid dienone is 1. The highest BCUT2D eigenvalue weighted by atomic mass is 14.9. The Kier molecular flexibility index (Phi) is 3.90. The average molecular weight is 306 g/mol. The molecule has 0 bridgehead atoms. The summed E-state index contributed by atoms with van der Waals surface area (Å²) in [5, 5.41) is 0. The van der Waals surface area contributed by atoms with Crippen molar-refractivity contribution in [3.8, 4) is 11.3 Å². The normalized spacial score (nSPS) is 11.1. The molecule has 0 amide bonds. The summed E-state index contributed by atoms with van der Waals surface area (Å²) in [5.74, 6) is 0.477. The number of rotatable bonds is 4. The minimum absolute atomic E-state index is 0.477. The van der Waals surface area contributed by atoms with Crippen molar-refractivity contribution in [2.45, 2.75) is 33.6 Å². The molecule has 4 heteroatoms. The van der Waals surface area contributed by atoms with E-state index in [0.29, 0.717) is 5.82 Å². The Morgan fingerprint density at radius 2 is 2.09 bits per heavy atom. The largest absolute Gasteiger partial charge is 0.382 e. The van der Waals surface area contributed by atoms with E-state index >= 15 is 0 Å². The van der Waals surface area contributed by atoms with Gasteiger partial charge in [-0.2, -0.15) is 0 Å². The van der Waals surface area contributed by atoms with Gasteiger partial charge in [0.1, 0.15) is 11.3 Å². The number of aryl methyl sites for hydroxylation is 2. The fourth-order valence-electron chi connectivity index (χ4n) is 2.87. The molecule has 3 N–H and O–H groups in total. The molecule has 0 spiro atoms. The molecule has 1 aromatic carbocycles. The van der Waals surface area contributed by atoms with Gasteiger partial charge in [-0.1, -0.05) is 32.1 Å². The molecule has 2 heterocycles. The van der Waals surface area contributed by atoms with Crippen molar-refractivity contribution in [3.63, 3.8) is 0 Å². The van der Waals surface area contributed by atoms with E-state index in [1.165, 1.54) is 11.3 Å². The summed E-state index contributed by atoms with van der Waals surface area (Å²) in [4.78, 5) is 12.6. The molecule has 23 heavy (non-hydrogen) atoms. The fourth-order valence-corrected chi connectivity index (χ4v) is 2.87. The van der Waals surface area contributed by atoms with Crippen molar-refractivity contribution in [1.29, 1.82) is 0 Å². The molecule has 0 unspecified atom stereocenters. The molecule has 118 valence electrons. The monoisotopic (exact) mass is 306 g/mol. The van der Waals surface area contributed by atoms with Crippen LogP contribution in [0.3, 0.4) is 0 Å². The van der Waals surface area contributed by atoms with Crippen molar-refractivity contribution in [1.82, 2.24) is 15.0 Å². The number of anilines is 1. The smallest absolute Gasteiger partial charge is 0.145 e. The highest BCUT2D eigenvalue weighted by molar-refractivity contribution is 5.92. The van der Waals surface area contributed by atoms with Gasteiger partial charge in [0.15, 0.2) is 0 Å². The number of nitrogens with two attached hydrogens (primary N) is 1. The van der Waals surface area contributed by atoms with Crippen LogP contribution in [-0.2, 0) is 6.42 Å². The molecule has 3 rings (SSSR count). The van der Waals surface area contributed by atoms with Crippen molar-refractivity contribution in [2.75, 3.05) is 5.73 Å². The van der Waals surface area contributed by atoms with Crippen LogP contribution < -0.4 is 5.73 Å². The highest BCUT2D eigenvalue weighted by Crippen LogP contribution is 2.31. The number of nitrogen functional groups attached to an aromatic ring is 1. The number of benzene rings is 1. The topological polar surface area (TPSA) is 67.6 Å². The second-order valence-corrected chi connectivity index (χ2v) is 5.97. The molecular weight excluding hydrogens is 284 g/mol. The van der Waals surface area contributed by atoms with Crippen LogP contribution in [0.15, 0.2) is 30.8 Å². The second-order valence-electron chi connectivity index (χ2n) is 5.97. The minimum Gasteiger partial charge on any atom is -0.382 e. The first-order chi connectivity index (χ1) is 11.0. The maximum Gasteiger partial charge on any atom is 0.145 e. The number of fused-ring (bicyclic) bond motifs is 1. The van der Waals surface area contributed by atoms with Crippen LogP contribution in [0, 0.1) is 6.92 Å². The van der Waals surface area contributed by atoms with Gasteiger partial charge in [0.05, 0.1) is 11.2 Å². The van der Waals surface area contributed by atoms with Crippen LogP contribution in [-0.4, -0.2) is 15.0 Å². The van der Waals surface area contributed by atoms with Crippen LogP contribution in [0.5, 0.6) is 0 Å². The summed E-state index contributed by atoms with van der Waals surface area (Å²) in [6, 6.07) is 8.17. The minimum atomic E-state index is 0.477. The third kappa shape index (κ3) is 2.72. The van der Waals surface area contributed by atoms with E-state index in [4.69, 9.17) is 5.73 Å². The number of hydrogen-bond donors (Lipinski definition) is 2. The lowest BCUT2D eigenvalue weighted by Crippen LogP contribution is -1.99. The Morgan fingerprint density at radius 1 is 1.30 bits per heavy atom. The lowest BCUT2D eigenvalue weighted by Gasteiger charge is -2.06. The predicted molar refractivity (Wildman–Crippen MR) is 97.2 cm³/mol. The first-order valence-corrected chi connectivity index (χ1v) is 7.92. The van der Waals surface area contributed by atoms with Gasteiger partial charge in [-0.25, -0.2) is 9.97 Å². The van der Waals surface area contributed by atoms with E-state index in [9.17, 15) is 0 Å². The van der Waals surface area contributed by atoms with Crippen molar-refractivity contribution < 1.29 is 0 Å². The van der Waals surface area contributed by atoms with Gasteiger partial charge < -0.3 is 10.7 Å². The van der Waals surface area contributed by atoms with Gasteiger partial charge >= 0.3 is 0 Å². The molecule has 0 aliphatic heterocycles. The van der Waals surface area contributed by atoms with Crippen molar-refractivity contribution >= 4 is 22.4 Å². The maximum absolute atomic E-state index is 5.97. The Hall–Kier alpha value is -2.62. The second kappa shape index (κ2) is 5.88. The third-order valence-corrected chi connectivity index (χ3v) is 4.06. The zero-order chi connectivity index (χ0) is 16.6. The average Bonchev–Trinajstić information content (AvgIpc) is 2.92. The first-order valence-electron chi connectivity index (χ1n) is 7.92. The summed E-state index contributed by atoms with van der Waals surface area (Å²) in [5.41, 5.74) is 13.9. The Balaban J connectivity index is 2.22. The zero-order valence-corrected chi connectivity index (χ0v) is 13.9. The number of nitrogens with zero attached hydrogens (tertiary/aromatic N) is 2. The SMILES string of the molecule is C=C(C)c1cc(-c2cccc3nc(C)c(N)nc23)[nH]c1CCC. The zero-order valence-electron chi connectivity index (χ0n) is 13.9. The third-order valence-electron chi connectivity index (χ3n) is 4.06. The molecule has 0 aliphatic rings. The summed E-state index contributed by atoms with van der Waals surface area (Å²) in [6.45, 7) is 10.2. The molecular formula is C19H22N4. The molecule has 4 nitrogen and oxygen atoms in total. The predicted octanol–water partition coefficient (Wildman–Crippen LogP) is 4.50. The summed E-state index contributed by atoms with van der Waals surface area (Å²) in [6.07, 6.45) is 2.08. The fraction of sp³-hybridized carbons (Fsp3) is 0.263. The van der Waals surface area contributed by atoms with Gasteiger partial charge in [0.2, 0.25) is 0 Å². The number of aromatic nitrogens is 3. The summed E-state index contributed by atoms with van der Waals surface area (Å²) < 4.78 is 0. The molecule has 2 aromatic heterocycles. The van der Waals surface area contributed by atoms with Gasteiger partial charge in [-0.15, -0.1) is 0 Å². The van der Waals surface area contributed by atoms with Gasteiger partial charge in [-0.3, -0.25) is 0 Å².